The Kier molecular flexibility index (Phi) is 6.95. The van der Waals surface area contributed by atoms with Gasteiger partial charge in [-0.2, -0.15) is 0 Å². The highest BCUT2D eigenvalue weighted by Crippen LogP contribution is 2.30. The highest BCUT2D eigenvalue weighted by Gasteiger charge is 2.26. The number of amides is 2. The molecule has 10 heteroatoms. The minimum Gasteiger partial charge on any atom is -0.495 e. The van der Waals surface area contributed by atoms with Crippen LogP contribution in [0.1, 0.15) is 35.5 Å². The molecule has 2 atom stereocenters. The number of likely N-dealkylation sites (tertiary alicyclic amines) is 1. The molecule has 1 N–H and O–H groups in total. The highest BCUT2D eigenvalue weighted by molar-refractivity contribution is 7.20. The summed E-state index contributed by atoms with van der Waals surface area (Å²) in [6.45, 7) is 7.32. The minimum atomic E-state index is -0.361. The molecule has 2 aromatic heterocycles. The van der Waals surface area contributed by atoms with Gasteiger partial charge in [-0.05, 0) is 48.9 Å². The number of ether oxygens (including phenoxy) is 1. The molecule has 1 aliphatic rings. The normalized spacial score (nSPS) is 18.2. The van der Waals surface area contributed by atoms with Gasteiger partial charge in [0.25, 0.3) is 11.5 Å². The van der Waals surface area contributed by atoms with Gasteiger partial charge in [0.05, 0.1) is 28.7 Å². The standard InChI is InChI=1S/C24H27ClN4O4S/c1-13-7-14(2)10-28(9-13)19(30)11-29-12-26-23-20(24(29)32)15(3)21(34-23)22(31)27-16-5-6-18(33-4)17(25)8-16/h5-6,8,12-14H,7,9-11H2,1-4H3,(H,27,31)/t13-,14-/m1/s1. The van der Waals surface area contributed by atoms with E-state index >= 15 is 0 Å². The van der Waals surface area contributed by atoms with E-state index in [0.29, 0.717) is 62.0 Å². The number of methoxy groups -OCH3 is 1. The Morgan fingerprint density at radius 2 is 1.97 bits per heavy atom. The molecule has 0 unspecified atom stereocenters. The molecule has 0 spiro atoms. The van der Waals surface area contributed by atoms with E-state index in [-0.39, 0.29) is 23.9 Å². The van der Waals surface area contributed by atoms with Crippen molar-refractivity contribution in [2.75, 3.05) is 25.5 Å². The van der Waals surface area contributed by atoms with E-state index in [0.717, 1.165) is 17.8 Å². The molecular formula is C24H27ClN4O4S. The zero-order valence-electron chi connectivity index (χ0n) is 19.6. The van der Waals surface area contributed by atoms with Crippen LogP contribution in [0.3, 0.4) is 0 Å². The third kappa shape index (κ3) is 4.81. The van der Waals surface area contributed by atoms with Crippen LogP contribution in [-0.2, 0) is 11.3 Å². The lowest BCUT2D eigenvalue weighted by molar-refractivity contribution is -0.134. The summed E-state index contributed by atoms with van der Waals surface area (Å²) in [6, 6.07) is 4.95. The van der Waals surface area contributed by atoms with Gasteiger partial charge >= 0.3 is 0 Å². The van der Waals surface area contributed by atoms with Gasteiger partial charge in [0, 0.05) is 18.8 Å². The second-order valence-electron chi connectivity index (χ2n) is 8.96. The Balaban J connectivity index is 1.57. The minimum absolute atomic E-state index is 0.0671. The number of halogens is 1. The Morgan fingerprint density at radius 3 is 2.62 bits per heavy atom. The summed E-state index contributed by atoms with van der Waals surface area (Å²) >= 11 is 7.29. The van der Waals surface area contributed by atoms with Crippen molar-refractivity contribution >= 4 is 50.7 Å². The maximum Gasteiger partial charge on any atom is 0.266 e. The molecule has 0 aliphatic carbocycles. The molecule has 2 amide bonds. The van der Waals surface area contributed by atoms with E-state index in [1.165, 1.54) is 18.0 Å². The first kappa shape index (κ1) is 24.2. The van der Waals surface area contributed by atoms with Crippen molar-refractivity contribution in [3.63, 3.8) is 0 Å². The Labute approximate surface area is 206 Å². The van der Waals surface area contributed by atoms with Gasteiger partial charge in [-0.3, -0.25) is 19.0 Å². The summed E-state index contributed by atoms with van der Waals surface area (Å²) in [4.78, 5) is 46.1. The van der Waals surface area contributed by atoms with Gasteiger partial charge < -0.3 is 15.0 Å². The number of piperidine rings is 1. The first-order chi connectivity index (χ1) is 16.2. The second-order valence-corrected chi connectivity index (χ2v) is 10.4. The SMILES string of the molecule is COc1ccc(NC(=O)c2sc3ncn(CC(=O)N4C[C@H](C)C[C@@H](C)C4)c(=O)c3c2C)cc1Cl. The van der Waals surface area contributed by atoms with Gasteiger partial charge in [-0.25, -0.2) is 4.98 Å². The highest BCUT2D eigenvalue weighted by atomic mass is 35.5. The number of anilines is 1. The molecule has 1 aliphatic heterocycles. The molecule has 180 valence electrons. The summed E-state index contributed by atoms with van der Waals surface area (Å²) < 4.78 is 6.47. The number of benzene rings is 1. The first-order valence-electron chi connectivity index (χ1n) is 11.1. The van der Waals surface area contributed by atoms with Gasteiger partial charge in [0.1, 0.15) is 17.1 Å². The topological polar surface area (TPSA) is 93.5 Å². The van der Waals surface area contributed by atoms with Crippen LogP contribution < -0.4 is 15.6 Å². The molecule has 0 bridgehead atoms. The monoisotopic (exact) mass is 502 g/mol. The second kappa shape index (κ2) is 9.76. The van der Waals surface area contributed by atoms with Gasteiger partial charge in [0.15, 0.2) is 0 Å². The molecule has 34 heavy (non-hydrogen) atoms. The number of carbonyl (C=O) groups is 2. The number of hydrogen-bond donors (Lipinski definition) is 1. The average Bonchev–Trinajstić information content (AvgIpc) is 3.12. The van der Waals surface area contributed by atoms with Crippen molar-refractivity contribution < 1.29 is 14.3 Å². The van der Waals surface area contributed by atoms with Gasteiger partial charge in [-0.1, -0.05) is 25.4 Å². The lowest BCUT2D eigenvalue weighted by atomic mass is 9.92. The molecule has 1 saturated heterocycles. The van der Waals surface area contributed by atoms with E-state index in [4.69, 9.17) is 16.3 Å². The first-order valence-corrected chi connectivity index (χ1v) is 12.3. The lowest BCUT2D eigenvalue weighted by Gasteiger charge is -2.35. The summed E-state index contributed by atoms with van der Waals surface area (Å²) in [6.07, 6.45) is 2.49. The van der Waals surface area contributed by atoms with E-state index in [2.05, 4.69) is 24.1 Å². The van der Waals surface area contributed by atoms with Crippen LogP contribution in [0.2, 0.25) is 5.02 Å². The number of aryl methyl sites for hydroxylation is 1. The fourth-order valence-corrected chi connectivity index (χ4v) is 5.82. The molecule has 1 fully saturated rings. The Hall–Kier alpha value is -2.91. The van der Waals surface area contributed by atoms with Crippen molar-refractivity contribution in [2.24, 2.45) is 11.8 Å². The molecule has 0 radical (unpaired) electrons. The maximum atomic E-state index is 13.2. The molecule has 3 aromatic rings. The summed E-state index contributed by atoms with van der Waals surface area (Å²) in [7, 11) is 1.51. The van der Waals surface area contributed by atoms with E-state index in [1.807, 2.05) is 4.90 Å². The third-order valence-corrected chi connectivity index (χ3v) is 7.55. The average molecular weight is 503 g/mol. The number of hydrogen-bond acceptors (Lipinski definition) is 6. The zero-order chi connectivity index (χ0) is 24.6. The summed E-state index contributed by atoms with van der Waals surface area (Å²) in [5.74, 6) is 0.922. The summed E-state index contributed by atoms with van der Waals surface area (Å²) in [5, 5.41) is 3.54. The van der Waals surface area contributed by atoms with Crippen molar-refractivity contribution in [1.82, 2.24) is 14.5 Å². The number of aromatic nitrogens is 2. The van der Waals surface area contributed by atoms with Crippen LogP contribution in [-0.4, -0.2) is 46.5 Å². The molecule has 3 heterocycles. The van der Waals surface area contributed by atoms with Crippen LogP contribution >= 0.6 is 22.9 Å². The maximum absolute atomic E-state index is 13.2. The molecule has 8 nitrogen and oxygen atoms in total. The summed E-state index contributed by atoms with van der Waals surface area (Å²) in [5.41, 5.74) is 0.724. The van der Waals surface area contributed by atoms with E-state index < -0.39 is 0 Å². The quantitative estimate of drug-likeness (QED) is 0.564. The zero-order valence-corrected chi connectivity index (χ0v) is 21.1. The number of fused-ring (bicyclic) bond motifs is 1. The number of rotatable bonds is 5. The fourth-order valence-electron chi connectivity index (χ4n) is 4.53. The molecule has 4 rings (SSSR count). The predicted molar refractivity (Wildman–Crippen MR) is 134 cm³/mol. The van der Waals surface area contributed by atoms with Crippen molar-refractivity contribution in [1.29, 1.82) is 0 Å². The van der Waals surface area contributed by atoms with Crippen LogP contribution in [0.25, 0.3) is 10.2 Å². The number of nitrogens with zero attached hydrogens (tertiary/aromatic N) is 3. The predicted octanol–water partition coefficient (Wildman–Crippen LogP) is 4.19. The van der Waals surface area contributed by atoms with Crippen molar-refractivity contribution in [3.05, 3.63) is 50.3 Å². The smallest absolute Gasteiger partial charge is 0.266 e. The lowest BCUT2D eigenvalue weighted by Crippen LogP contribution is -2.44. The van der Waals surface area contributed by atoms with Crippen LogP contribution in [0.15, 0.2) is 29.3 Å². The Morgan fingerprint density at radius 1 is 1.26 bits per heavy atom. The van der Waals surface area contributed by atoms with Crippen LogP contribution in [0, 0.1) is 18.8 Å². The number of nitrogens with one attached hydrogen (secondary N) is 1. The van der Waals surface area contributed by atoms with Crippen molar-refractivity contribution in [3.8, 4) is 5.75 Å². The van der Waals surface area contributed by atoms with Gasteiger partial charge in [-0.15, -0.1) is 11.3 Å². The van der Waals surface area contributed by atoms with Gasteiger partial charge in [0.2, 0.25) is 5.91 Å². The van der Waals surface area contributed by atoms with Crippen LogP contribution in [0.4, 0.5) is 5.69 Å². The molecule has 1 aromatic carbocycles. The fraction of sp³-hybridized carbons (Fsp3) is 0.417. The number of carbonyl (C=O) groups excluding carboxylic acids is 2. The third-order valence-electron chi connectivity index (χ3n) is 6.06. The van der Waals surface area contributed by atoms with E-state index in [9.17, 15) is 14.4 Å². The number of thiophene rings is 1. The van der Waals surface area contributed by atoms with Crippen LogP contribution in [0.5, 0.6) is 5.75 Å². The largest absolute Gasteiger partial charge is 0.495 e. The van der Waals surface area contributed by atoms with Crippen molar-refractivity contribution in [2.45, 2.75) is 33.7 Å². The molecular weight excluding hydrogens is 476 g/mol. The molecule has 0 saturated carbocycles. The van der Waals surface area contributed by atoms with E-state index in [1.54, 1.807) is 25.1 Å². The Bertz CT molecular complexity index is 1310.